The molecule has 0 spiro atoms. The molecule has 0 atom stereocenters. The van der Waals surface area contributed by atoms with Crippen LogP contribution in [0.15, 0.2) is 187 Å². The summed E-state index contributed by atoms with van der Waals surface area (Å²) in [6, 6.07) is 56.7. The first-order valence-electron chi connectivity index (χ1n) is 23.8. The largest absolute Gasteiger partial charge is 0.455 e. The quantitative estimate of drug-likeness (QED) is 0.135. The molecule has 0 unspecified atom stereocenters. The topological polar surface area (TPSA) is 51.8 Å². The van der Waals surface area contributed by atoms with Gasteiger partial charge in [0, 0.05) is 66.2 Å². The Hall–Kier alpha value is -5.78. The van der Waals surface area contributed by atoms with Gasteiger partial charge in [-0.1, -0.05) is 192 Å². The van der Waals surface area contributed by atoms with Gasteiger partial charge in [-0.15, -0.1) is 0 Å². The molecule has 66 heavy (non-hydrogen) atoms. The van der Waals surface area contributed by atoms with Gasteiger partial charge < -0.3 is 4.42 Å². The molecular formula is C60H61IrN3OSi. The minimum absolute atomic E-state index is 0. The summed E-state index contributed by atoms with van der Waals surface area (Å²) in [5.41, 5.74) is 13.8. The summed E-state index contributed by atoms with van der Waals surface area (Å²) in [5, 5.41) is 3.83. The first-order valence-corrected chi connectivity index (χ1v) is 27.3. The van der Waals surface area contributed by atoms with Crippen LogP contribution in [-0.2, 0) is 32.9 Å². The Balaban J connectivity index is 0.000000135. The summed E-state index contributed by atoms with van der Waals surface area (Å²) < 4.78 is 6.26. The first-order chi connectivity index (χ1) is 31.9. The fraction of sp³-hybridized carbons (Fsp3) is 0.250. The Labute approximate surface area is 406 Å². The normalized spacial score (nSPS) is 14.0. The van der Waals surface area contributed by atoms with Gasteiger partial charge in [-0.25, -0.2) is 0 Å². The summed E-state index contributed by atoms with van der Waals surface area (Å²) >= 11 is 0. The van der Waals surface area contributed by atoms with Crippen LogP contribution in [-0.4, -0.2) is 23.0 Å². The molecule has 2 fully saturated rings. The van der Waals surface area contributed by atoms with Crippen molar-refractivity contribution in [3.8, 4) is 44.9 Å². The maximum Gasteiger partial charge on any atom is 0.145 e. The van der Waals surface area contributed by atoms with Gasteiger partial charge in [-0.3, -0.25) is 15.0 Å². The van der Waals surface area contributed by atoms with Crippen molar-refractivity contribution in [3.05, 3.63) is 194 Å². The van der Waals surface area contributed by atoms with Gasteiger partial charge in [0.05, 0.1) is 25.2 Å². The Morgan fingerprint density at radius 2 is 1.05 bits per heavy atom. The molecule has 1 radical (unpaired) electrons. The second-order valence-electron chi connectivity index (χ2n) is 19.0. The van der Waals surface area contributed by atoms with E-state index >= 15 is 0 Å². The van der Waals surface area contributed by atoms with E-state index in [-0.39, 0.29) is 20.1 Å². The molecule has 0 N–H and O–H groups in total. The Kier molecular flexibility index (Phi) is 15.7. The van der Waals surface area contributed by atoms with Gasteiger partial charge in [0.25, 0.3) is 0 Å². The zero-order chi connectivity index (χ0) is 44.4. The summed E-state index contributed by atoms with van der Waals surface area (Å²) in [4.78, 5) is 13.8. The summed E-state index contributed by atoms with van der Waals surface area (Å²) in [6.07, 6.45) is 19.7. The third kappa shape index (κ3) is 11.4. The monoisotopic (exact) mass is 1060 g/mol. The number of rotatable bonds is 9. The van der Waals surface area contributed by atoms with Gasteiger partial charge in [0.15, 0.2) is 0 Å². The number of para-hydroxylation sites is 1. The van der Waals surface area contributed by atoms with E-state index in [4.69, 9.17) is 9.40 Å². The number of aromatic nitrogens is 3. The third-order valence-electron chi connectivity index (χ3n) is 13.3. The number of furan rings is 1. The molecule has 5 aromatic carbocycles. The Morgan fingerprint density at radius 1 is 0.500 bits per heavy atom. The van der Waals surface area contributed by atoms with Crippen LogP contribution in [0.25, 0.3) is 66.8 Å². The molecule has 6 heteroatoms. The van der Waals surface area contributed by atoms with Crippen molar-refractivity contribution < 1.29 is 24.5 Å². The van der Waals surface area contributed by atoms with Crippen molar-refractivity contribution in [1.29, 1.82) is 0 Å². The van der Waals surface area contributed by atoms with Crippen molar-refractivity contribution in [2.75, 3.05) is 0 Å². The molecule has 0 aliphatic heterocycles. The summed E-state index contributed by atoms with van der Waals surface area (Å²) in [6.45, 7) is 7.30. The number of fused-ring (bicyclic) bond motifs is 3. The smallest absolute Gasteiger partial charge is 0.145 e. The van der Waals surface area contributed by atoms with E-state index in [1.54, 1.807) is 10.8 Å². The summed E-state index contributed by atoms with van der Waals surface area (Å²) in [7, 11) is -1.34. The second-order valence-corrected chi connectivity index (χ2v) is 24.0. The maximum absolute atomic E-state index is 6.26. The predicted molar refractivity (Wildman–Crippen MR) is 276 cm³/mol. The standard InChI is InChI=1S/C23H15NO.C20H27NSi.C17H19N.Ir/c1-2-8-16(9-3-1)17-13-14-18(20-11-6-7-15-24-20)23-22(17)19-10-4-5-12-21(19)25-23;1-22(2,3)20-15-21-19(17-11-5-4-6-12-17)14-18(20)13-16-9-7-8-10-16;1-2-8-16(9-3-1)17-13-15(10-11-18-17)12-14-6-4-5-7-14;/h1-15H;4-6,11-12,14-16H,7-10,13H2,1-3H3;1-3,8-11,13-14H,4-7,12H2;. The van der Waals surface area contributed by atoms with E-state index < -0.39 is 8.07 Å². The van der Waals surface area contributed by atoms with E-state index in [9.17, 15) is 0 Å². The maximum atomic E-state index is 6.26. The fourth-order valence-electron chi connectivity index (χ4n) is 9.96. The second kappa shape index (κ2) is 22.1. The van der Waals surface area contributed by atoms with E-state index in [1.807, 2.05) is 54.9 Å². The zero-order valence-corrected chi connectivity index (χ0v) is 42.0. The fourth-order valence-corrected chi connectivity index (χ4v) is 11.5. The molecule has 0 amide bonds. The minimum Gasteiger partial charge on any atom is -0.455 e. The number of pyridine rings is 3. The summed E-state index contributed by atoms with van der Waals surface area (Å²) in [5.74, 6) is 1.79. The zero-order valence-electron chi connectivity index (χ0n) is 38.6. The molecule has 9 aromatic rings. The van der Waals surface area contributed by atoms with E-state index in [2.05, 4.69) is 157 Å². The van der Waals surface area contributed by atoms with E-state index in [1.165, 1.54) is 92.0 Å². The van der Waals surface area contributed by atoms with Crippen molar-refractivity contribution in [2.24, 2.45) is 11.8 Å². The van der Waals surface area contributed by atoms with Crippen LogP contribution in [0.3, 0.4) is 0 Å². The van der Waals surface area contributed by atoms with Gasteiger partial charge in [0.2, 0.25) is 0 Å². The molecule has 4 aromatic heterocycles. The minimum atomic E-state index is -1.34. The molecule has 0 bridgehead atoms. The Bertz CT molecular complexity index is 2920. The molecule has 0 saturated heterocycles. The van der Waals surface area contributed by atoms with Gasteiger partial charge in [0.1, 0.15) is 11.2 Å². The third-order valence-corrected chi connectivity index (χ3v) is 15.4. The molecular weight excluding hydrogens is 999 g/mol. The number of hydrogen-bond acceptors (Lipinski definition) is 4. The van der Waals surface area contributed by atoms with E-state index in [0.29, 0.717) is 0 Å². The molecule has 4 nitrogen and oxygen atoms in total. The van der Waals surface area contributed by atoms with Crippen molar-refractivity contribution >= 4 is 35.2 Å². The van der Waals surface area contributed by atoms with Crippen LogP contribution < -0.4 is 5.19 Å². The number of benzene rings is 5. The van der Waals surface area contributed by atoms with Crippen LogP contribution >= 0.6 is 0 Å². The number of nitrogens with zero attached hydrogens (tertiary/aromatic N) is 3. The SMILES string of the molecule is C[Si](C)(C)c1cnc(-c2ccccc2)cc1CC1CCCC1.[Ir].c1ccc(-c2cc(CC3CCCC3)ccn2)cc1.c1ccc(-c2ccc(-c3ccccn3)c3oc4ccccc4c23)cc1. The molecule has 335 valence electrons. The van der Waals surface area contributed by atoms with Crippen LogP contribution in [0.5, 0.6) is 0 Å². The van der Waals surface area contributed by atoms with E-state index in [0.717, 1.165) is 56.4 Å². The van der Waals surface area contributed by atoms with Crippen molar-refractivity contribution in [2.45, 2.75) is 83.8 Å². The predicted octanol–water partition coefficient (Wildman–Crippen LogP) is 15.8. The average molecular weight is 1060 g/mol. The molecule has 2 aliphatic carbocycles. The van der Waals surface area contributed by atoms with Crippen LogP contribution in [0, 0.1) is 11.8 Å². The van der Waals surface area contributed by atoms with Crippen LogP contribution in [0.1, 0.15) is 62.5 Å². The van der Waals surface area contributed by atoms with Crippen LogP contribution in [0.4, 0.5) is 0 Å². The molecule has 4 heterocycles. The molecule has 2 aliphatic rings. The van der Waals surface area contributed by atoms with Crippen LogP contribution in [0.2, 0.25) is 19.6 Å². The molecule has 11 rings (SSSR count). The average Bonchev–Trinajstić information content (AvgIpc) is 4.16. The molecule has 2 saturated carbocycles. The van der Waals surface area contributed by atoms with Gasteiger partial charge >= 0.3 is 0 Å². The van der Waals surface area contributed by atoms with Gasteiger partial charge in [-0.05, 0) is 94.6 Å². The van der Waals surface area contributed by atoms with Gasteiger partial charge in [-0.2, -0.15) is 0 Å². The number of hydrogen-bond donors (Lipinski definition) is 0. The Morgan fingerprint density at radius 3 is 1.67 bits per heavy atom. The van der Waals surface area contributed by atoms with Crippen molar-refractivity contribution in [3.63, 3.8) is 0 Å². The first kappa shape index (κ1) is 46.7. The van der Waals surface area contributed by atoms with Crippen molar-refractivity contribution in [1.82, 2.24) is 15.0 Å².